The van der Waals surface area contributed by atoms with Gasteiger partial charge >= 0.3 is 0 Å². The van der Waals surface area contributed by atoms with Gasteiger partial charge in [0, 0.05) is 27.9 Å². The van der Waals surface area contributed by atoms with Crippen LogP contribution in [0.2, 0.25) is 0 Å². The number of benzene rings is 3. The molecular formula is C26H20FIN4O6S. The van der Waals surface area contributed by atoms with Crippen LogP contribution in [0.5, 0.6) is 11.5 Å². The molecule has 0 aliphatic heterocycles. The van der Waals surface area contributed by atoms with E-state index < -0.39 is 22.6 Å². The van der Waals surface area contributed by atoms with Crippen molar-refractivity contribution in [1.82, 2.24) is 5.43 Å². The molecule has 13 heteroatoms. The molecule has 10 nitrogen and oxygen atoms in total. The topological polar surface area (TPSA) is 132 Å². The summed E-state index contributed by atoms with van der Waals surface area (Å²) in [5.74, 6) is -0.534. The number of hydrazone groups is 1. The van der Waals surface area contributed by atoms with Crippen LogP contribution in [0.1, 0.15) is 22.2 Å². The van der Waals surface area contributed by atoms with Crippen LogP contribution in [0, 0.1) is 19.5 Å². The Labute approximate surface area is 239 Å². The molecule has 3 aromatic carbocycles. The Balaban J connectivity index is 1.41. The average Bonchev–Trinajstić information content (AvgIpc) is 3.33. The average molecular weight is 662 g/mol. The van der Waals surface area contributed by atoms with Gasteiger partial charge in [-0.15, -0.1) is 11.3 Å². The summed E-state index contributed by atoms with van der Waals surface area (Å²) in [5, 5.41) is 18.2. The van der Waals surface area contributed by atoms with Crippen molar-refractivity contribution in [1.29, 1.82) is 0 Å². The predicted octanol–water partition coefficient (Wildman–Crippen LogP) is 5.73. The van der Waals surface area contributed by atoms with E-state index in [4.69, 9.17) is 9.47 Å². The molecular weight excluding hydrogens is 642 g/mol. The number of amides is 2. The van der Waals surface area contributed by atoms with Crippen molar-refractivity contribution in [3.63, 3.8) is 0 Å². The lowest BCUT2D eigenvalue weighted by Gasteiger charge is -2.14. The van der Waals surface area contributed by atoms with Gasteiger partial charge in [-0.1, -0.05) is 0 Å². The maximum absolute atomic E-state index is 13.1. The smallest absolute Gasteiger partial charge is 0.281 e. The molecule has 2 amide bonds. The van der Waals surface area contributed by atoms with Gasteiger partial charge in [-0.3, -0.25) is 19.7 Å². The molecule has 0 saturated heterocycles. The molecule has 4 aromatic rings. The second-order valence-electron chi connectivity index (χ2n) is 7.90. The van der Waals surface area contributed by atoms with Gasteiger partial charge in [0.15, 0.2) is 18.1 Å². The highest BCUT2D eigenvalue weighted by atomic mass is 127. The molecule has 1 heterocycles. The highest BCUT2D eigenvalue weighted by molar-refractivity contribution is 14.1. The molecule has 0 bridgehead atoms. The first-order valence-corrected chi connectivity index (χ1v) is 13.3. The predicted molar refractivity (Wildman–Crippen MR) is 154 cm³/mol. The second-order valence-corrected chi connectivity index (χ2v) is 10.1. The van der Waals surface area contributed by atoms with E-state index in [1.165, 1.54) is 53.9 Å². The number of ether oxygens (including phenoxy) is 2. The Kier molecular flexibility index (Phi) is 9.03. The number of hydrogen-bond donors (Lipinski definition) is 2. The lowest BCUT2D eigenvalue weighted by atomic mass is 10.2. The summed E-state index contributed by atoms with van der Waals surface area (Å²) < 4.78 is 25.8. The van der Waals surface area contributed by atoms with E-state index in [2.05, 4.69) is 15.8 Å². The fourth-order valence-corrected chi connectivity index (χ4v) is 5.12. The number of nitro groups is 1. The Morgan fingerprint density at radius 3 is 2.62 bits per heavy atom. The molecule has 0 aliphatic carbocycles. The summed E-state index contributed by atoms with van der Waals surface area (Å²) in [6, 6.07) is 14.8. The zero-order valence-electron chi connectivity index (χ0n) is 20.3. The standard InChI is InChI=1S/C26H20FIN4O6S/c1-2-37-21-10-15(9-20(28)25(21)38-14-24(33)30-18-5-3-17(27)4-6-18)13-29-31-26(34)23-12-16-11-19(32(35)36)7-8-22(16)39-23/h3-13H,2,14H2,1H3,(H,30,33)(H,31,34)/b29-13-. The fraction of sp³-hybridized carbons (Fsp3) is 0.115. The number of non-ortho nitro benzene ring substituents is 1. The molecule has 200 valence electrons. The van der Waals surface area contributed by atoms with Gasteiger partial charge in [-0.25, -0.2) is 9.82 Å². The van der Waals surface area contributed by atoms with Crippen molar-refractivity contribution in [2.24, 2.45) is 5.10 Å². The third-order valence-electron chi connectivity index (χ3n) is 5.12. The number of hydrogen-bond acceptors (Lipinski definition) is 8. The molecule has 0 radical (unpaired) electrons. The van der Waals surface area contributed by atoms with Crippen molar-refractivity contribution < 1.29 is 28.4 Å². The van der Waals surface area contributed by atoms with Gasteiger partial charge in [0.25, 0.3) is 17.5 Å². The Morgan fingerprint density at radius 1 is 1.13 bits per heavy atom. The Bertz CT molecular complexity index is 1570. The van der Waals surface area contributed by atoms with Crippen molar-refractivity contribution in [2.75, 3.05) is 18.5 Å². The summed E-state index contributed by atoms with van der Waals surface area (Å²) in [6.45, 7) is 1.85. The molecule has 4 rings (SSSR count). The van der Waals surface area contributed by atoms with E-state index in [0.29, 0.717) is 43.2 Å². The molecule has 0 unspecified atom stereocenters. The number of carbonyl (C=O) groups is 2. The number of nitro benzene ring substituents is 1. The summed E-state index contributed by atoms with van der Waals surface area (Å²) in [5.41, 5.74) is 3.45. The maximum Gasteiger partial charge on any atom is 0.281 e. The lowest BCUT2D eigenvalue weighted by molar-refractivity contribution is -0.384. The number of anilines is 1. The summed E-state index contributed by atoms with van der Waals surface area (Å²) in [7, 11) is 0. The first-order valence-electron chi connectivity index (χ1n) is 11.4. The van der Waals surface area contributed by atoms with Gasteiger partial charge in [0.2, 0.25) is 0 Å². The first kappa shape index (κ1) is 27.9. The zero-order valence-corrected chi connectivity index (χ0v) is 23.2. The van der Waals surface area contributed by atoms with Crippen LogP contribution in [0.3, 0.4) is 0 Å². The largest absolute Gasteiger partial charge is 0.490 e. The van der Waals surface area contributed by atoms with Crippen molar-refractivity contribution in [3.05, 3.63) is 90.6 Å². The molecule has 0 atom stereocenters. The molecule has 0 spiro atoms. The van der Waals surface area contributed by atoms with Crippen LogP contribution >= 0.6 is 33.9 Å². The van der Waals surface area contributed by atoms with Gasteiger partial charge in [-0.05, 0) is 83.6 Å². The normalized spacial score (nSPS) is 10.9. The van der Waals surface area contributed by atoms with Crippen LogP contribution < -0.4 is 20.2 Å². The van der Waals surface area contributed by atoms with E-state index in [0.717, 1.165) is 4.70 Å². The van der Waals surface area contributed by atoms with Crippen LogP contribution in [0.4, 0.5) is 15.8 Å². The fourth-order valence-electron chi connectivity index (χ4n) is 3.41. The van der Waals surface area contributed by atoms with E-state index in [1.807, 2.05) is 22.6 Å². The highest BCUT2D eigenvalue weighted by Crippen LogP contribution is 2.34. The number of thiophene rings is 1. The number of nitrogens with zero attached hydrogens (tertiary/aromatic N) is 2. The Morgan fingerprint density at radius 2 is 1.90 bits per heavy atom. The maximum atomic E-state index is 13.1. The van der Waals surface area contributed by atoms with Crippen LogP contribution in [0.25, 0.3) is 10.1 Å². The number of nitrogens with one attached hydrogen (secondary N) is 2. The second kappa shape index (κ2) is 12.6. The van der Waals surface area contributed by atoms with Gasteiger partial charge in [0.05, 0.1) is 26.2 Å². The van der Waals surface area contributed by atoms with Crippen molar-refractivity contribution in [3.8, 4) is 11.5 Å². The minimum Gasteiger partial charge on any atom is -0.490 e. The third kappa shape index (κ3) is 7.26. The van der Waals surface area contributed by atoms with Crippen molar-refractivity contribution in [2.45, 2.75) is 6.92 Å². The van der Waals surface area contributed by atoms with Crippen LogP contribution in [0.15, 0.2) is 65.8 Å². The number of fused-ring (bicyclic) bond motifs is 1. The van der Waals surface area contributed by atoms with E-state index >= 15 is 0 Å². The van der Waals surface area contributed by atoms with Crippen LogP contribution in [-0.4, -0.2) is 36.2 Å². The molecule has 39 heavy (non-hydrogen) atoms. The summed E-state index contributed by atoms with van der Waals surface area (Å²) >= 11 is 3.24. The zero-order chi connectivity index (χ0) is 27.9. The van der Waals surface area contributed by atoms with Gasteiger partial charge in [-0.2, -0.15) is 5.10 Å². The third-order valence-corrected chi connectivity index (χ3v) is 7.04. The minimum atomic E-state index is -0.488. The molecule has 0 fully saturated rings. The van der Waals surface area contributed by atoms with E-state index in [1.54, 1.807) is 31.2 Å². The monoisotopic (exact) mass is 662 g/mol. The van der Waals surface area contributed by atoms with Crippen molar-refractivity contribution >= 4 is 73.4 Å². The van der Waals surface area contributed by atoms with Crippen LogP contribution in [-0.2, 0) is 4.79 Å². The quantitative estimate of drug-likeness (QED) is 0.0965. The highest BCUT2D eigenvalue weighted by Gasteiger charge is 2.15. The molecule has 0 saturated carbocycles. The number of halogens is 2. The van der Waals surface area contributed by atoms with E-state index in [-0.39, 0.29) is 12.3 Å². The Hall–Kier alpha value is -4.11. The molecule has 2 N–H and O–H groups in total. The summed E-state index contributed by atoms with van der Waals surface area (Å²) in [4.78, 5) is 35.7. The van der Waals surface area contributed by atoms with Gasteiger partial charge < -0.3 is 14.8 Å². The molecule has 0 aliphatic rings. The van der Waals surface area contributed by atoms with Gasteiger partial charge in [0.1, 0.15) is 5.82 Å². The first-order chi connectivity index (χ1) is 18.7. The summed E-state index contributed by atoms with van der Waals surface area (Å²) in [6.07, 6.45) is 1.44. The SMILES string of the molecule is CCOc1cc(/C=N\NC(=O)c2cc3cc([N+](=O)[O-])ccc3s2)cc(I)c1OCC(=O)Nc1ccc(F)cc1. The lowest BCUT2D eigenvalue weighted by Crippen LogP contribution is -2.20. The minimum absolute atomic E-state index is 0.0501. The number of carbonyl (C=O) groups excluding carboxylic acids is 2. The number of rotatable bonds is 10. The molecule has 1 aromatic heterocycles. The van der Waals surface area contributed by atoms with E-state index in [9.17, 15) is 24.1 Å².